The summed E-state index contributed by atoms with van der Waals surface area (Å²) in [6.45, 7) is 11.6. The van der Waals surface area contributed by atoms with Crippen LogP contribution in [0.25, 0.3) is 0 Å². The Bertz CT molecular complexity index is 335. The summed E-state index contributed by atoms with van der Waals surface area (Å²) in [6, 6.07) is 1.55. The van der Waals surface area contributed by atoms with E-state index in [1.807, 2.05) is 0 Å². The molecule has 3 aliphatic rings. The van der Waals surface area contributed by atoms with E-state index < -0.39 is 0 Å². The van der Waals surface area contributed by atoms with Crippen LogP contribution in [0.15, 0.2) is 0 Å². The Morgan fingerprint density at radius 3 is 2.52 bits per heavy atom. The number of hydrogen-bond acceptors (Lipinski definition) is 3. The van der Waals surface area contributed by atoms with Gasteiger partial charge in [-0.05, 0) is 70.1 Å². The summed E-state index contributed by atoms with van der Waals surface area (Å²) in [6.07, 6.45) is 8.47. The normalized spacial score (nSPS) is 38.1. The van der Waals surface area contributed by atoms with Crippen LogP contribution in [-0.4, -0.2) is 61.7 Å². The molecule has 2 saturated heterocycles. The molecule has 1 aliphatic carbocycles. The molecule has 1 saturated carbocycles. The van der Waals surface area contributed by atoms with Gasteiger partial charge in [0.25, 0.3) is 0 Å². The highest BCUT2D eigenvalue weighted by molar-refractivity contribution is 4.95. The highest BCUT2D eigenvalue weighted by atomic mass is 15.3. The van der Waals surface area contributed by atoms with E-state index in [2.05, 4.69) is 36.0 Å². The van der Waals surface area contributed by atoms with E-state index in [9.17, 15) is 0 Å². The second-order valence-corrected chi connectivity index (χ2v) is 8.35. The Kier molecular flexibility index (Phi) is 4.92. The molecule has 0 aromatic rings. The van der Waals surface area contributed by atoms with Crippen LogP contribution in [0.5, 0.6) is 0 Å². The molecule has 3 nitrogen and oxygen atoms in total. The van der Waals surface area contributed by atoms with Gasteiger partial charge in [-0.25, -0.2) is 0 Å². The summed E-state index contributed by atoms with van der Waals surface area (Å²) in [5.41, 5.74) is 0.464. The molecule has 0 radical (unpaired) electrons. The van der Waals surface area contributed by atoms with Crippen LogP contribution in [0.2, 0.25) is 0 Å². The van der Waals surface area contributed by atoms with E-state index in [4.69, 9.17) is 0 Å². The zero-order valence-corrected chi connectivity index (χ0v) is 14.4. The number of nitrogens with one attached hydrogen (secondary N) is 1. The fourth-order valence-electron chi connectivity index (χ4n) is 5.32. The zero-order valence-electron chi connectivity index (χ0n) is 14.4. The van der Waals surface area contributed by atoms with Gasteiger partial charge in [0.15, 0.2) is 0 Å². The van der Waals surface area contributed by atoms with Crippen molar-refractivity contribution in [1.82, 2.24) is 15.1 Å². The lowest BCUT2D eigenvalue weighted by Gasteiger charge is -2.45. The van der Waals surface area contributed by atoms with Crippen molar-refractivity contribution in [3.63, 3.8) is 0 Å². The quantitative estimate of drug-likeness (QED) is 0.859. The van der Waals surface area contributed by atoms with Gasteiger partial charge < -0.3 is 10.2 Å². The first-order chi connectivity index (χ1) is 10.1. The number of hydrogen-bond donors (Lipinski definition) is 1. The fourth-order valence-corrected chi connectivity index (χ4v) is 5.32. The van der Waals surface area contributed by atoms with Gasteiger partial charge in [-0.1, -0.05) is 20.3 Å². The summed E-state index contributed by atoms with van der Waals surface area (Å²) < 4.78 is 0. The summed E-state index contributed by atoms with van der Waals surface area (Å²) in [5, 5.41) is 3.65. The van der Waals surface area contributed by atoms with Crippen LogP contribution >= 0.6 is 0 Å². The lowest BCUT2D eigenvalue weighted by atomic mass is 9.68. The lowest BCUT2D eigenvalue weighted by Crippen LogP contribution is -2.51. The molecular weight excluding hydrogens is 258 g/mol. The molecule has 3 unspecified atom stereocenters. The Balaban J connectivity index is 1.54. The topological polar surface area (TPSA) is 18.5 Å². The van der Waals surface area contributed by atoms with E-state index in [1.54, 1.807) is 0 Å². The first kappa shape index (κ1) is 15.8. The fraction of sp³-hybridized carbons (Fsp3) is 1.00. The van der Waals surface area contributed by atoms with Crippen molar-refractivity contribution in [3.8, 4) is 0 Å². The van der Waals surface area contributed by atoms with Gasteiger partial charge in [0.2, 0.25) is 0 Å². The SMILES string of the molecule is CNC1C(CN2CCC(N3CCCC3)C2)CCCC1(C)C. The average Bonchev–Trinajstić information content (AvgIpc) is 3.08. The lowest BCUT2D eigenvalue weighted by molar-refractivity contribution is 0.0877. The van der Waals surface area contributed by atoms with Gasteiger partial charge in [-0.2, -0.15) is 0 Å². The van der Waals surface area contributed by atoms with Crippen molar-refractivity contribution >= 4 is 0 Å². The van der Waals surface area contributed by atoms with Crippen LogP contribution in [-0.2, 0) is 0 Å². The Hall–Kier alpha value is -0.120. The molecule has 0 amide bonds. The van der Waals surface area contributed by atoms with E-state index in [1.165, 1.54) is 71.2 Å². The van der Waals surface area contributed by atoms with Crippen LogP contribution in [0.4, 0.5) is 0 Å². The van der Waals surface area contributed by atoms with Gasteiger partial charge in [0, 0.05) is 25.2 Å². The first-order valence-electron chi connectivity index (χ1n) is 9.24. The second-order valence-electron chi connectivity index (χ2n) is 8.35. The maximum absolute atomic E-state index is 3.65. The van der Waals surface area contributed by atoms with Crippen LogP contribution in [0, 0.1) is 11.3 Å². The first-order valence-corrected chi connectivity index (χ1v) is 9.24. The van der Waals surface area contributed by atoms with Crippen molar-refractivity contribution in [2.24, 2.45) is 11.3 Å². The van der Waals surface area contributed by atoms with E-state index in [-0.39, 0.29) is 0 Å². The third-order valence-electron chi connectivity index (χ3n) is 6.42. The summed E-state index contributed by atoms with van der Waals surface area (Å²) in [5.74, 6) is 0.844. The van der Waals surface area contributed by atoms with Gasteiger partial charge in [-0.3, -0.25) is 4.90 Å². The largest absolute Gasteiger partial charge is 0.316 e. The van der Waals surface area contributed by atoms with Gasteiger partial charge in [0.05, 0.1) is 0 Å². The zero-order chi connectivity index (χ0) is 14.9. The van der Waals surface area contributed by atoms with Crippen molar-refractivity contribution in [3.05, 3.63) is 0 Å². The molecular formula is C18H35N3. The Morgan fingerprint density at radius 2 is 1.81 bits per heavy atom. The van der Waals surface area contributed by atoms with Crippen LogP contribution in [0.1, 0.15) is 52.4 Å². The molecule has 2 heterocycles. The maximum atomic E-state index is 3.65. The minimum absolute atomic E-state index is 0.464. The molecule has 3 heteroatoms. The molecule has 0 bridgehead atoms. The van der Waals surface area contributed by atoms with E-state index in [0.717, 1.165) is 12.0 Å². The summed E-state index contributed by atoms with van der Waals surface area (Å²) in [4.78, 5) is 5.51. The highest BCUT2D eigenvalue weighted by Crippen LogP contribution is 2.39. The monoisotopic (exact) mass is 293 g/mol. The van der Waals surface area contributed by atoms with Gasteiger partial charge in [-0.15, -0.1) is 0 Å². The number of likely N-dealkylation sites (tertiary alicyclic amines) is 2. The number of rotatable bonds is 4. The van der Waals surface area contributed by atoms with Gasteiger partial charge >= 0.3 is 0 Å². The molecule has 2 aliphatic heterocycles. The molecule has 21 heavy (non-hydrogen) atoms. The number of nitrogens with zero attached hydrogens (tertiary/aromatic N) is 2. The third-order valence-corrected chi connectivity index (χ3v) is 6.42. The molecule has 1 N–H and O–H groups in total. The third kappa shape index (κ3) is 3.46. The average molecular weight is 293 g/mol. The molecule has 0 spiro atoms. The Morgan fingerprint density at radius 1 is 1.05 bits per heavy atom. The second kappa shape index (κ2) is 6.55. The highest BCUT2D eigenvalue weighted by Gasteiger charge is 2.39. The van der Waals surface area contributed by atoms with E-state index in [0.29, 0.717) is 11.5 Å². The van der Waals surface area contributed by atoms with Crippen LogP contribution < -0.4 is 5.32 Å². The van der Waals surface area contributed by atoms with Crippen molar-refractivity contribution < 1.29 is 0 Å². The minimum atomic E-state index is 0.464. The Labute approximate surface area is 131 Å². The van der Waals surface area contributed by atoms with Crippen molar-refractivity contribution in [1.29, 1.82) is 0 Å². The predicted octanol–water partition coefficient (Wildman–Crippen LogP) is 2.57. The van der Waals surface area contributed by atoms with Crippen molar-refractivity contribution in [2.75, 3.05) is 39.8 Å². The summed E-state index contributed by atoms with van der Waals surface area (Å²) in [7, 11) is 2.17. The van der Waals surface area contributed by atoms with Gasteiger partial charge in [0.1, 0.15) is 0 Å². The minimum Gasteiger partial charge on any atom is -0.316 e. The van der Waals surface area contributed by atoms with E-state index >= 15 is 0 Å². The molecule has 3 fully saturated rings. The predicted molar refractivity (Wildman–Crippen MR) is 89.6 cm³/mol. The smallest absolute Gasteiger partial charge is 0.0235 e. The molecule has 3 rings (SSSR count). The summed E-state index contributed by atoms with van der Waals surface area (Å²) >= 11 is 0. The standard InChI is InChI=1S/C18H35N3/c1-18(2)9-6-7-15(17(18)19-3)13-20-12-8-16(14-20)21-10-4-5-11-21/h15-17,19H,4-14H2,1-3H3. The molecule has 122 valence electrons. The molecule has 3 atom stereocenters. The molecule has 0 aromatic carbocycles. The maximum Gasteiger partial charge on any atom is 0.0235 e. The molecule has 0 aromatic heterocycles. The van der Waals surface area contributed by atoms with Crippen molar-refractivity contribution in [2.45, 2.75) is 64.5 Å². The van der Waals surface area contributed by atoms with Crippen LogP contribution in [0.3, 0.4) is 0 Å².